The third-order valence-electron chi connectivity index (χ3n) is 3.65. The molecule has 5 nitrogen and oxygen atoms in total. The number of sulfonamides is 1. The van der Waals surface area contributed by atoms with Crippen LogP contribution >= 0.6 is 11.6 Å². The molecule has 1 N–H and O–H groups in total. The molecule has 1 aromatic rings. The molecule has 0 bridgehead atoms. The van der Waals surface area contributed by atoms with E-state index < -0.39 is 10.0 Å². The van der Waals surface area contributed by atoms with E-state index in [0.29, 0.717) is 23.7 Å². The maximum atomic E-state index is 12.8. The molecule has 0 aromatic heterocycles. The zero-order chi connectivity index (χ0) is 16.2. The molecule has 0 saturated carbocycles. The highest BCUT2D eigenvalue weighted by Gasteiger charge is 2.21. The van der Waals surface area contributed by atoms with Crippen LogP contribution in [0.3, 0.4) is 0 Å². The van der Waals surface area contributed by atoms with Gasteiger partial charge in [-0.1, -0.05) is 30.9 Å². The summed E-state index contributed by atoms with van der Waals surface area (Å²) >= 11 is 5.98. The number of carbonyl (C=O) groups excluding carboxylic acids is 1. The van der Waals surface area contributed by atoms with Crippen molar-refractivity contribution in [3.63, 3.8) is 0 Å². The Balaban J connectivity index is 2.28. The van der Waals surface area contributed by atoms with Gasteiger partial charge in [0.15, 0.2) is 0 Å². The molecule has 1 heterocycles. The molecule has 1 saturated heterocycles. The van der Waals surface area contributed by atoms with Crippen molar-refractivity contribution in [3.8, 4) is 0 Å². The molecule has 1 aromatic carbocycles. The van der Waals surface area contributed by atoms with E-state index in [1.807, 2.05) is 0 Å². The Labute approximate surface area is 136 Å². The van der Waals surface area contributed by atoms with Gasteiger partial charge in [0.05, 0.1) is 17.5 Å². The highest BCUT2D eigenvalue weighted by Crippen LogP contribution is 2.24. The minimum atomic E-state index is -3.45. The molecule has 0 unspecified atom stereocenters. The number of hydrogen-bond donors (Lipinski definition) is 1. The van der Waals surface area contributed by atoms with Gasteiger partial charge < -0.3 is 4.90 Å². The summed E-state index contributed by atoms with van der Waals surface area (Å²) in [5, 5.41) is 0.412. The van der Waals surface area contributed by atoms with Crippen molar-refractivity contribution < 1.29 is 13.2 Å². The van der Waals surface area contributed by atoms with E-state index in [9.17, 15) is 13.2 Å². The van der Waals surface area contributed by atoms with Gasteiger partial charge in [-0.25, -0.2) is 8.42 Å². The lowest BCUT2D eigenvalue weighted by Crippen LogP contribution is -2.34. The fourth-order valence-electron chi connectivity index (χ4n) is 2.60. The summed E-state index contributed by atoms with van der Waals surface area (Å²) in [6.45, 7) is 1.40. The number of amides is 1. The number of hydrogen-bond acceptors (Lipinski definition) is 3. The predicted molar refractivity (Wildman–Crippen MR) is 88.9 cm³/mol. The molecule has 2 rings (SSSR count). The van der Waals surface area contributed by atoms with E-state index in [0.717, 1.165) is 31.9 Å². The van der Waals surface area contributed by atoms with Crippen LogP contribution in [-0.2, 0) is 10.0 Å². The van der Waals surface area contributed by atoms with Crippen molar-refractivity contribution in [2.75, 3.05) is 24.1 Å². The van der Waals surface area contributed by atoms with Crippen LogP contribution < -0.4 is 4.72 Å². The molecule has 0 spiro atoms. The molecule has 7 heteroatoms. The SMILES string of the molecule is CS(=O)(=O)Nc1ccc(Cl)cc1C(=O)N1CCCCCCC1. The third-order valence-corrected chi connectivity index (χ3v) is 4.48. The van der Waals surface area contributed by atoms with Crippen molar-refractivity contribution in [2.45, 2.75) is 32.1 Å². The highest BCUT2D eigenvalue weighted by atomic mass is 35.5. The van der Waals surface area contributed by atoms with Crippen LogP contribution in [0.15, 0.2) is 18.2 Å². The second kappa shape index (κ2) is 7.33. The van der Waals surface area contributed by atoms with Crippen LogP contribution in [0.4, 0.5) is 5.69 Å². The maximum Gasteiger partial charge on any atom is 0.256 e. The van der Waals surface area contributed by atoms with E-state index in [-0.39, 0.29) is 11.6 Å². The Hall–Kier alpha value is -1.27. The van der Waals surface area contributed by atoms with E-state index >= 15 is 0 Å². The summed E-state index contributed by atoms with van der Waals surface area (Å²) < 4.78 is 25.3. The molecule has 1 fully saturated rings. The standard InChI is InChI=1S/C15H21ClN2O3S/c1-22(20,21)17-14-8-7-12(16)11-13(14)15(19)18-9-5-3-2-4-6-10-18/h7-8,11,17H,2-6,9-10H2,1H3. The zero-order valence-electron chi connectivity index (χ0n) is 12.6. The summed E-state index contributed by atoms with van der Waals surface area (Å²) in [5.74, 6) is -0.171. The monoisotopic (exact) mass is 344 g/mol. The highest BCUT2D eigenvalue weighted by molar-refractivity contribution is 7.92. The van der Waals surface area contributed by atoms with Gasteiger partial charge in [0.1, 0.15) is 0 Å². The first kappa shape index (κ1) is 17.1. The van der Waals surface area contributed by atoms with Crippen molar-refractivity contribution in [1.29, 1.82) is 0 Å². The summed E-state index contributed by atoms with van der Waals surface area (Å²) in [7, 11) is -3.45. The summed E-state index contributed by atoms with van der Waals surface area (Å²) in [4.78, 5) is 14.5. The molecule has 0 atom stereocenters. The average Bonchev–Trinajstić information content (AvgIpc) is 2.38. The summed E-state index contributed by atoms with van der Waals surface area (Å²) in [5.41, 5.74) is 0.581. The number of halogens is 1. The van der Waals surface area contributed by atoms with Gasteiger partial charge in [-0.3, -0.25) is 9.52 Å². The number of benzene rings is 1. The molecule has 0 radical (unpaired) electrons. The van der Waals surface area contributed by atoms with Crippen LogP contribution in [-0.4, -0.2) is 38.6 Å². The number of rotatable bonds is 3. The minimum Gasteiger partial charge on any atom is -0.339 e. The predicted octanol–water partition coefficient (Wildman–Crippen LogP) is 3.12. The topological polar surface area (TPSA) is 66.5 Å². The fourth-order valence-corrected chi connectivity index (χ4v) is 3.35. The molecule has 22 heavy (non-hydrogen) atoms. The molecule has 1 amide bonds. The van der Waals surface area contributed by atoms with Gasteiger partial charge in [-0.05, 0) is 31.0 Å². The zero-order valence-corrected chi connectivity index (χ0v) is 14.2. The molecule has 122 valence electrons. The van der Waals surface area contributed by atoms with Crippen LogP contribution in [0.2, 0.25) is 5.02 Å². The number of carbonyl (C=O) groups is 1. The molecule has 1 aliphatic heterocycles. The van der Waals surface area contributed by atoms with Gasteiger partial charge in [0, 0.05) is 18.1 Å². The lowest BCUT2D eigenvalue weighted by Gasteiger charge is -2.26. The van der Waals surface area contributed by atoms with Gasteiger partial charge in [-0.15, -0.1) is 0 Å². The maximum absolute atomic E-state index is 12.8. The van der Waals surface area contributed by atoms with Crippen LogP contribution in [0, 0.1) is 0 Å². The molecule has 0 aliphatic carbocycles. The summed E-state index contributed by atoms with van der Waals surface area (Å²) in [6, 6.07) is 4.62. The van der Waals surface area contributed by atoms with Crippen LogP contribution in [0.1, 0.15) is 42.5 Å². The average molecular weight is 345 g/mol. The molecular formula is C15H21ClN2O3S. The smallest absolute Gasteiger partial charge is 0.256 e. The quantitative estimate of drug-likeness (QED) is 0.916. The van der Waals surface area contributed by atoms with Crippen molar-refractivity contribution in [2.24, 2.45) is 0 Å². The number of likely N-dealkylation sites (tertiary alicyclic amines) is 1. The van der Waals surface area contributed by atoms with Gasteiger partial charge >= 0.3 is 0 Å². The Kier molecular flexibility index (Phi) is 5.69. The first-order valence-electron chi connectivity index (χ1n) is 7.43. The molecule has 1 aliphatic rings. The largest absolute Gasteiger partial charge is 0.339 e. The Morgan fingerprint density at radius 2 is 1.73 bits per heavy atom. The number of nitrogens with zero attached hydrogens (tertiary/aromatic N) is 1. The van der Waals surface area contributed by atoms with E-state index in [2.05, 4.69) is 4.72 Å². The van der Waals surface area contributed by atoms with E-state index in [4.69, 9.17) is 11.6 Å². The summed E-state index contributed by atoms with van der Waals surface area (Å²) in [6.07, 6.45) is 6.45. The lowest BCUT2D eigenvalue weighted by atomic mass is 10.1. The minimum absolute atomic E-state index is 0.171. The van der Waals surface area contributed by atoms with Gasteiger partial charge in [0.2, 0.25) is 10.0 Å². The lowest BCUT2D eigenvalue weighted by molar-refractivity contribution is 0.0743. The van der Waals surface area contributed by atoms with Gasteiger partial charge in [-0.2, -0.15) is 0 Å². The van der Waals surface area contributed by atoms with Crippen molar-refractivity contribution >= 4 is 33.2 Å². The van der Waals surface area contributed by atoms with Crippen molar-refractivity contribution in [1.82, 2.24) is 4.90 Å². The normalized spacial score (nSPS) is 16.7. The van der Waals surface area contributed by atoms with E-state index in [1.54, 1.807) is 11.0 Å². The second-order valence-corrected chi connectivity index (χ2v) is 7.81. The number of anilines is 1. The van der Waals surface area contributed by atoms with E-state index in [1.165, 1.54) is 18.6 Å². The number of nitrogens with one attached hydrogen (secondary N) is 1. The third kappa shape index (κ3) is 4.88. The Bertz CT molecular complexity index is 638. The molecular weight excluding hydrogens is 324 g/mol. The Morgan fingerprint density at radius 1 is 1.14 bits per heavy atom. The first-order valence-corrected chi connectivity index (χ1v) is 9.70. The van der Waals surface area contributed by atoms with Crippen LogP contribution in [0.25, 0.3) is 0 Å². The van der Waals surface area contributed by atoms with Crippen LogP contribution in [0.5, 0.6) is 0 Å². The van der Waals surface area contributed by atoms with Gasteiger partial charge in [0.25, 0.3) is 5.91 Å². The fraction of sp³-hybridized carbons (Fsp3) is 0.533. The second-order valence-electron chi connectivity index (χ2n) is 5.62. The Morgan fingerprint density at radius 3 is 2.32 bits per heavy atom. The first-order chi connectivity index (χ1) is 10.4. The van der Waals surface area contributed by atoms with Crippen molar-refractivity contribution in [3.05, 3.63) is 28.8 Å².